The number of amides is 4. The maximum atomic E-state index is 14.0. The molecule has 0 radical (unpaired) electrons. The number of benzene rings is 3. The van der Waals surface area contributed by atoms with E-state index in [1.54, 1.807) is 13.8 Å². The Morgan fingerprint density at radius 1 is 0.786 bits per heavy atom. The molecule has 3 atom stereocenters. The molecule has 9 nitrogen and oxygen atoms in total. The molecule has 0 spiro atoms. The number of ether oxygens (including phenoxy) is 1. The third kappa shape index (κ3) is 4.44. The van der Waals surface area contributed by atoms with Crippen LogP contribution in [0.3, 0.4) is 0 Å². The molecule has 2 N–H and O–H groups in total. The van der Waals surface area contributed by atoms with Gasteiger partial charge in [0, 0.05) is 22.4 Å². The summed E-state index contributed by atoms with van der Waals surface area (Å²) >= 11 is 5.83. The second-order valence-electron chi connectivity index (χ2n) is 11.1. The molecule has 4 aliphatic rings. The number of carbonyl (C=O) groups excluding carboxylic acids is 5. The van der Waals surface area contributed by atoms with Gasteiger partial charge in [-0.15, -0.1) is 0 Å². The van der Waals surface area contributed by atoms with Gasteiger partial charge in [0.25, 0.3) is 11.8 Å². The van der Waals surface area contributed by atoms with Crippen molar-refractivity contribution in [3.63, 3.8) is 0 Å². The van der Waals surface area contributed by atoms with E-state index in [0.717, 1.165) is 27.2 Å². The highest BCUT2D eigenvalue weighted by Gasteiger charge is 2.63. The number of imide groups is 1. The molecular weight excluding hydrogens is 558 g/mol. The van der Waals surface area contributed by atoms with E-state index in [1.807, 2.05) is 48.5 Å². The maximum Gasteiger partial charge on any atom is 0.330 e. The van der Waals surface area contributed by atoms with Gasteiger partial charge < -0.3 is 4.74 Å². The van der Waals surface area contributed by atoms with Crippen LogP contribution in [0.25, 0.3) is 0 Å². The topological polar surface area (TPSA) is 122 Å². The normalized spacial score (nSPS) is 22.2. The van der Waals surface area contributed by atoms with Crippen LogP contribution in [-0.2, 0) is 23.9 Å². The lowest BCUT2D eigenvalue weighted by Crippen LogP contribution is -2.50. The molecule has 1 aliphatic heterocycles. The van der Waals surface area contributed by atoms with E-state index in [1.165, 1.54) is 24.3 Å². The van der Waals surface area contributed by atoms with Gasteiger partial charge in [-0.1, -0.05) is 74.0 Å². The molecule has 42 heavy (non-hydrogen) atoms. The van der Waals surface area contributed by atoms with E-state index in [4.69, 9.17) is 16.3 Å². The van der Waals surface area contributed by atoms with E-state index in [-0.39, 0.29) is 17.4 Å². The number of likely N-dealkylation sites (tertiary alicyclic amines) is 1. The molecule has 0 unspecified atom stereocenters. The number of hydrogen-bond donors (Lipinski definition) is 2. The van der Waals surface area contributed by atoms with Gasteiger partial charge in [0.1, 0.15) is 6.04 Å². The minimum absolute atomic E-state index is 0.266. The highest BCUT2D eigenvalue weighted by Crippen LogP contribution is 2.61. The molecule has 1 saturated heterocycles. The standard InChI is InChI=1S/C32H28ClN3O6/c1-16(2)28(32(41)42-15-23(37)34-35-29(38)17-11-13-18(33)14-12-17)36-30(39)26-24-19-7-3-4-8-20(19)25(27(26)31(36)40)22-10-6-5-9-21(22)24/h3-14,16,24-28H,15H2,1-2H3,(H,34,37)(H,35,38)/t24?,25?,26-,27-,28+/m0/s1. The number of carbonyl (C=O) groups is 5. The van der Waals surface area contributed by atoms with E-state index >= 15 is 0 Å². The van der Waals surface area contributed by atoms with Crippen LogP contribution >= 0.6 is 11.6 Å². The minimum Gasteiger partial charge on any atom is -0.454 e. The number of nitrogens with zero attached hydrogens (tertiary/aromatic N) is 1. The van der Waals surface area contributed by atoms with Crippen LogP contribution in [0.4, 0.5) is 0 Å². The number of rotatable bonds is 6. The summed E-state index contributed by atoms with van der Waals surface area (Å²) in [5.41, 5.74) is 8.83. The number of esters is 1. The first-order valence-corrected chi connectivity index (χ1v) is 14.1. The first kappa shape index (κ1) is 27.7. The highest BCUT2D eigenvalue weighted by molar-refractivity contribution is 6.30. The summed E-state index contributed by atoms with van der Waals surface area (Å²) in [6, 6.07) is 20.6. The Bertz CT molecular complexity index is 1500. The Hall–Kier alpha value is -4.50. The maximum absolute atomic E-state index is 14.0. The molecule has 214 valence electrons. The molecular formula is C32H28ClN3O6. The summed E-state index contributed by atoms with van der Waals surface area (Å²) in [6.07, 6.45) is 0. The van der Waals surface area contributed by atoms with E-state index in [0.29, 0.717) is 5.02 Å². The van der Waals surface area contributed by atoms with Gasteiger partial charge in [0.2, 0.25) is 11.8 Å². The summed E-state index contributed by atoms with van der Waals surface area (Å²) in [4.78, 5) is 67.1. The van der Waals surface area contributed by atoms with E-state index < -0.39 is 60.0 Å². The van der Waals surface area contributed by atoms with Gasteiger partial charge in [-0.05, 0) is 52.4 Å². The van der Waals surface area contributed by atoms with Crippen LogP contribution in [-0.4, -0.2) is 47.1 Å². The van der Waals surface area contributed by atoms with Gasteiger partial charge in [-0.25, -0.2) is 4.79 Å². The fourth-order valence-electron chi connectivity index (χ4n) is 6.71. The lowest BCUT2D eigenvalue weighted by Gasteiger charge is -2.45. The molecule has 3 aromatic rings. The Labute approximate surface area is 247 Å². The predicted molar refractivity (Wildman–Crippen MR) is 152 cm³/mol. The third-order valence-electron chi connectivity index (χ3n) is 8.40. The van der Waals surface area contributed by atoms with E-state index in [9.17, 15) is 24.0 Å². The average molecular weight is 586 g/mol. The quantitative estimate of drug-likeness (QED) is 0.259. The van der Waals surface area contributed by atoms with Crippen molar-refractivity contribution >= 4 is 41.2 Å². The summed E-state index contributed by atoms with van der Waals surface area (Å²) in [7, 11) is 0. The van der Waals surface area contributed by atoms with Crippen LogP contribution in [0.15, 0.2) is 72.8 Å². The molecule has 0 aromatic heterocycles. The molecule has 3 aromatic carbocycles. The van der Waals surface area contributed by atoms with Gasteiger partial charge in [0.05, 0.1) is 11.8 Å². The van der Waals surface area contributed by atoms with Crippen LogP contribution in [0.1, 0.15) is 58.3 Å². The second-order valence-corrected chi connectivity index (χ2v) is 11.6. The smallest absolute Gasteiger partial charge is 0.330 e. The molecule has 10 heteroatoms. The van der Waals surface area contributed by atoms with Gasteiger partial charge >= 0.3 is 5.97 Å². The van der Waals surface area contributed by atoms with Crippen molar-refractivity contribution in [2.75, 3.05) is 6.61 Å². The van der Waals surface area contributed by atoms with Crippen molar-refractivity contribution in [1.29, 1.82) is 0 Å². The van der Waals surface area contributed by atoms with Crippen LogP contribution in [0, 0.1) is 17.8 Å². The molecule has 4 amide bonds. The summed E-state index contributed by atoms with van der Waals surface area (Å²) in [5, 5.41) is 0.457. The highest BCUT2D eigenvalue weighted by atomic mass is 35.5. The van der Waals surface area contributed by atoms with Crippen molar-refractivity contribution in [3.8, 4) is 0 Å². The molecule has 0 saturated carbocycles. The molecule has 2 bridgehead atoms. The van der Waals surface area contributed by atoms with Crippen molar-refractivity contribution in [3.05, 3.63) is 106 Å². The average Bonchev–Trinajstić information content (AvgIpc) is 3.25. The fourth-order valence-corrected chi connectivity index (χ4v) is 6.83. The summed E-state index contributed by atoms with van der Waals surface area (Å²) in [6.45, 7) is 2.73. The minimum atomic E-state index is -1.21. The van der Waals surface area contributed by atoms with Crippen molar-refractivity contribution in [2.24, 2.45) is 17.8 Å². The van der Waals surface area contributed by atoms with E-state index in [2.05, 4.69) is 10.9 Å². The van der Waals surface area contributed by atoms with Crippen molar-refractivity contribution in [1.82, 2.24) is 15.8 Å². The van der Waals surface area contributed by atoms with Gasteiger partial charge in [0.15, 0.2) is 6.61 Å². The number of hydrazine groups is 1. The first-order valence-electron chi connectivity index (χ1n) is 13.7. The zero-order valence-corrected chi connectivity index (χ0v) is 23.6. The molecule has 1 heterocycles. The van der Waals surface area contributed by atoms with Crippen molar-refractivity contribution < 1.29 is 28.7 Å². The zero-order valence-electron chi connectivity index (χ0n) is 22.9. The fraction of sp³-hybridized carbons (Fsp3) is 0.281. The largest absolute Gasteiger partial charge is 0.454 e. The lowest BCUT2D eigenvalue weighted by molar-refractivity contribution is -0.162. The van der Waals surface area contributed by atoms with Crippen LogP contribution in [0.5, 0.6) is 0 Å². The zero-order chi connectivity index (χ0) is 29.7. The number of halogens is 1. The molecule has 1 fully saturated rings. The molecule has 3 aliphatic carbocycles. The SMILES string of the molecule is CC(C)[C@H](C(=O)OCC(=O)NNC(=O)c1ccc(Cl)cc1)N1C(=O)[C@H]2C3c4ccccc4C(c4ccccc43)[C@@H]2C1=O. The monoisotopic (exact) mass is 585 g/mol. The number of nitrogens with one attached hydrogen (secondary N) is 2. The molecule has 7 rings (SSSR count). The predicted octanol–water partition coefficient (Wildman–Crippen LogP) is 3.56. The van der Waals surface area contributed by atoms with Crippen LogP contribution in [0.2, 0.25) is 5.02 Å². The van der Waals surface area contributed by atoms with Crippen LogP contribution < -0.4 is 10.9 Å². The Morgan fingerprint density at radius 2 is 1.26 bits per heavy atom. The Kier molecular flexibility index (Phi) is 7.06. The lowest BCUT2D eigenvalue weighted by atomic mass is 9.55. The first-order chi connectivity index (χ1) is 20.2. The summed E-state index contributed by atoms with van der Waals surface area (Å²) < 4.78 is 5.27. The van der Waals surface area contributed by atoms with Gasteiger partial charge in [-0.2, -0.15) is 0 Å². The second kappa shape index (κ2) is 10.7. The van der Waals surface area contributed by atoms with Crippen molar-refractivity contribution in [2.45, 2.75) is 31.7 Å². The summed E-state index contributed by atoms with van der Waals surface area (Å²) in [5.74, 6) is -5.38. The number of hydrogen-bond acceptors (Lipinski definition) is 6. The Balaban J connectivity index is 1.18. The van der Waals surface area contributed by atoms with Gasteiger partial charge in [-0.3, -0.25) is 34.9 Å². The Morgan fingerprint density at radius 3 is 1.71 bits per heavy atom. The third-order valence-corrected chi connectivity index (χ3v) is 8.65.